The maximum atomic E-state index is 11.4. The van der Waals surface area contributed by atoms with Crippen molar-refractivity contribution in [3.63, 3.8) is 0 Å². The molecule has 2 heteroatoms. The summed E-state index contributed by atoms with van der Waals surface area (Å²) in [4.78, 5) is 11.4. The summed E-state index contributed by atoms with van der Waals surface area (Å²) < 4.78 is 0. The van der Waals surface area contributed by atoms with Gasteiger partial charge in [0.05, 0.1) is 0 Å². The fourth-order valence-corrected chi connectivity index (χ4v) is 2.47. The highest BCUT2D eigenvalue weighted by atomic mass is 16.4. The number of rotatable bonds is 12. The summed E-state index contributed by atoms with van der Waals surface area (Å²) in [6.07, 6.45) is 12.1. The first-order chi connectivity index (χ1) is 9.17. The molecule has 2 nitrogen and oxygen atoms in total. The SMILES string of the molecule is CCCCCCC(CC)=C(CCCCCC)C(=O)O. The second-order valence-corrected chi connectivity index (χ2v) is 5.36. The average Bonchev–Trinajstić information content (AvgIpc) is 2.40. The van der Waals surface area contributed by atoms with E-state index in [1.165, 1.54) is 37.7 Å². The molecule has 0 aromatic carbocycles. The molecule has 19 heavy (non-hydrogen) atoms. The average molecular weight is 268 g/mol. The van der Waals surface area contributed by atoms with E-state index < -0.39 is 5.97 Å². The molecule has 0 heterocycles. The predicted octanol–water partition coefficient (Wildman–Crippen LogP) is 5.72. The predicted molar refractivity (Wildman–Crippen MR) is 82.5 cm³/mol. The summed E-state index contributed by atoms with van der Waals surface area (Å²) in [5, 5.41) is 9.38. The Morgan fingerprint density at radius 3 is 1.74 bits per heavy atom. The molecule has 0 atom stereocenters. The van der Waals surface area contributed by atoms with Crippen molar-refractivity contribution in [3.05, 3.63) is 11.1 Å². The Morgan fingerprint density at radius 2 is 1.32 bits per heavy atom. The number of aliphatic carboxylic acids is 1. The minimum atomic E-state index is -0.691. The third kappa shape index (κ3) is 8.85. The highest BCUT2D eigenvalue weighted by Crippen LogP contribution is 2.22. The fraction of sp³-hybridized carbons (Fsp3) is 0.824. The van der Waals surface area contributed by atoms with Crippen LogP contribution in [0.1, 0.15) is 91.4 Å². The molecule has 0 rings (SSSR count). The zero-order valence-electron chi connectivity index (χ0n) is 13.1. The van der Waals surface area contributed by atoms with Gasteiger partial charge < -0.3 is 5.11 Å². The summed E-state index contributed by atoms with van der Waals surface area (Å²) in [7, 11) is 0. The van der Waals surface area contributed by atoms with Crippen LogP contribution < -0.4 is 0 Å². The molecule has 0 aliphatic rings. The summed E-state index contributed by atoms with van der Waals surface area (Å²) in [5.74, 6) is -0.691. The van der Waals surface area contributed by atoms with Gasteiger partial charge in [-0.05, 0) is 32.1 Å². The van der Waals surface area contributed by atoms with Crippen molar-refractivity contribution >= 4 is 5.97 Å². The van der Waals surface area contributed by atoms with Crippen molar-refractivity contribution in [2.75, 3.05) is 0 Å². The van der Waals surface area contributed by atoms with Gasteiger partial charge >= 0.3 is 5.97 Å². The number of carboxylic acid groups (broad SMARTS) is 1. The number of hydrogen-bond acceptors (Lipinski definition) is 1. The van der Waals surface area contributed by atoms with Gasteiger partial charge in [0.25, 0.3) is 0 Å². The van der Waals surface area contributed by atoms with E-state index in [2.05, 4.69) is 20.8 Å². The van der Waals surface area contributed by atoms with Gasteiger partial charge in [-0.2, -0.15) is 0 Å². The van der Waals surface area contributed by atoms with E-state index >= 15 is 0 Å². The minimum absolute atomic E-state index is 0.691. The lowest BCUT2D eigenvalue weighted by Gasteiger charge is -2.11. The molecule has 112 valence electrons. The highest BCUT2D eigenvalue weighted by molar-refractivity contribution is 5.87. The summed E-state index contributed by atoms with van der Waals surface area (Å²) in [6, 6.07) is 0. The minimum Gasteiger partial charge on any atom is -0.478 e. The Morgan fingerprint density at radius 1 is 0.789 bits per heavy atom. The number of allylic oxidation sites excluding steroid dienone is 1. The molecule has 0 fully saturated rings. The van der Waals surface area contributed by atoms with Crippen LogP contribution in [-0.4, -0.2) is 11.1 Å². The van der Waals surface area contributed by atoms with E-state index in [0.717, 1.165) is 38.5 Å². The topological polar surface area (TPSA) is 37.3 Å². The maximum Gasteiger partial charge on any atom is 0.331 e. The molecule has 0 amide bonds. The van der Waals surface area contributed by atoms with Gasteiger partial charge in [-0.1, -0.05) is 64.9 Å². The largest absolute Gasteiger partial charge is 0.478 e. The normalized spacial score (nSPS) is 12.4. The van der Waals surface area contributed by atoms with E-state index in [9.17, 15) is 9.90 Å². The monoisotopic (exact) mass is 268 g/mol. The molecule has 0 aromatic rings. The Bertz CT molecular complexity index is 266. The first-order valence-corrected chi connectivity index (χ1v) is 8.11. The van der Waals surface area contributed by atoms with Crippen LogP contribution in [0, 0.1) is 0 Å². The third-order valence-electron chi connectivity index (χ3n) is 3.72. The van der Waals surface area contributed by atoms with Crippen molar-refractivity contribution in [2.45, 2.75) is 91.4 Å². The second kappa shape index (κ2) is 12.3. The van der Waals surface area contributed by atoms with E-state index in [4.69, 9.17) is 0 Å². The van der Waals surface area contributed by atoms with Crippen molar-refractivity contribution in [3.8, 4) is 0 Å². The van der Waals surface area contributed by atoms with Crippen LogP contribution in [0.4, 0.5) is 0 Å². The smallest absolute Gasteiger partial charge is 0.331 e. The van der Waals surface area contributed by atoms with Crippen LogP contribution in [-0.2, 0) is 4.79 Å². The van der Waals surface area contributed by atoms with E-state index in [-0.39, 0.29) is 0 Å². The zero-order valence-corrected chi connectivity index (χ0v) is 13.1. The van der Waals surface area contributed by atoms with Crippen molar-refractivity contribution in [2.24, 2.45) is 0 Å². The Kier molecular flexibility index (Phi) is 11.7. The van der Waals surface area contributed by atoms with Gasteiger partial charge in [0.15, 0.2) is 0 Å². The Hall–Kier alpha value is -0.790. The van der Waals surface area contributed by atoms with E-state index in [1.807, 2.05) is 0 Å². The van der Waals surface area contributed by atoms with Gasteiger partial charge in [0.1, 0.15) is 0 Å². The van der Waals surface area contributed by atoms with Crippen LogP contribution in [0.25, 0.3) is 0 Å². The van der Waals surface area contributed by atoms with Gasteiger partial charge in [-0.15, -0.1) is 0 Å². The quantitative estimate of drug-likeness (QED) is 0.363. The van der Waals surface area contributed by atoms with Gasteiger partial charge in [0.2, 0.25) is 0 Å². The summed E-state index contributed by atoms with van der Waals surface area (Å²) in [5.41, 5.74) is 1.88. The van der Waals surface area contributed by atoms with Gasteiger partial charge in [0, 0.05) is 5.57 Å². The molecule has 0 unspecified atom stereocenters. The summed E-state index contributed by atoms with van der Waals surface area (Å²) >= 11 is 0. The molecule has 0 aliphatic heterocycles. The van der Waals surface area contributed by atoms with Gasteiger partial charge in [-0.25, -0.2) is 4.79 Å². The van der Waals surface area contributed by atoms with Gasteiger partial charge in [-0.3, -0.25) is 0 Å². The first-order valence-electron chi connectivity index (χ1n) is 8.11. The number of carbonyl (C=O) groups is 1. The van der Waals surface area contributed by atoms with E-state index in [0.29, 0.717) is 5.57 Å². The molecule has 1 N–H and O–H groups in total. The molecule has 0 aliphatic carbocycles. The van der Waals surface area contributed by atoms with E-state index in [1.54, 1.807) is 0 Å². The second-order valence-electron chi connectivity index (χ2n) is 5.36. The van der Waals surface area contributed by atoms with Crippen molar-refractivity contribution in [1.82, 2.24) is 0 Å². The molecular weight excluding hydrogens is 236 g/mol. The Labute approximate surface area is 119 Å². The molecule has 0 aromatic heterocycles. The molecule has 0 saturated heterocycles. The van der Waals surface area contributed by atoms with Crippen molar-refractivity contribution in [1.29, 1.82) is 0 Å². The third-order valence-corrected chi connectivity index (χ3v) is 3.72. The van der Waals surface area contributed by atoms with Crippen LogP contribution in [0.15, 0.2) is 11.1 Å². The summed E-state index contributed by atoms with van der Waals surface area (Å²) in [6.45, 7) is 6.47. The number of unbranched alkanes of at least 4 members (excludes halogenated alkanes) is 6. The van der Waals surface area contributed by atoms with Crippen LogP contribution in [0.3, 0.4) is 0 Å². The van der Waals surface area contributed by atoms with Crippen LogP contribution >= 0.6 is 0 Å². The van der Waals surface area contributed by atoms with Crippen LogP contribution in [0.2, 0.25) is 0 Å². The number of carboxylic acids is 1. The molecule has 0 bridgehead atoms. The van der Waals surface area contributed by atoms with Crippen molar-refractivity contribution < 1.29 is 9.90 Å². The molecule has 0 spiro atoms. The lowest BCUT2D eigenvalue weighted by molar-refractivity contribution is -0.132. The number of hydrogen-bond donors (Lipinski definition) is 1. The zero-order chi connectivity index (χ0) is 14.5. The molecular formula is C17H32O2. The maximum absolute atomic E-state index is 11.4. The lowest BCUT2D eigenvalue weighted by atomic mass is 9.95. The first kappa shape index (κ1) is 18.2. The molecule has 0 saturated carbocycles. The lowest BCUT2D eigenvalue weighted by Crippen LogP contribution is -2.05. The fourth-order valence-electron chi connectivity index (χ4n) is 2.47. The molecule has 0 radical (unpaired) electrons. The Balaban J connectivity index is 4.37. The standard InChI is InChI=1S/C17H32O2/c1-4-7-9-11-13-15(6-3)16(17(18)19)14-12-10-8-5-2/h4-14H2,1-3H3,(H,18,19). The van der Waals surface area contributed by atoms with Crippen LogP contribution in [0.5, 0.6) is 0 Å². The highest BCUT2D eigenvalue weighted by Gasteiger charge is 2.12.